The monoisotopic (exact) mass is 729 g/mol. The summed E-state index contributed by atoms with van der Waals surface area (Å²) in [5.74, 6) is 2.15. The van der Waals surface area contributed by atoms with E-state index in [4.69, 9.17) is 11.5 Å². The van der Waals surface area contributed by atoms with Gasteiger partial charge in [0.2, 0.25) is 5.91 Å². The summed E-state index contributed by atoms with van der Waals surface area (Å²) in [6.45, 7) is 53.1. The van der Waals surface area contributed by atoms with Crippen LogP contribution in [-0.2, 0) is 4.79 Å². The second-order valence-corrected chi connectivity index (χ2v) is 18.3. The molecule has 0 aromatic rings. The molecule has 1 aliphatic carbocycles. The van der Waals surface area contributed by atoms with E-state index in [9.17, 15) is 4.79 Å². The van der Waals surface area contributed by atoms with Gasteiger partial charge in [0, 0.05) is 29.2 Å². The van der Waals surface area contributed by atoms with E-state index in [1.165, 1.54) is 44.2 Å². The van der Waals surface area contributed by atoms with Gasteiger partial charge in [-0.15, -0.1) is 0 Å². The summed E-state index contributed by atoms with van der Waals surface area (Å²) in [6.07, 6.45) is 10.4. The van der Waals surface area contributed by atoms with Crippen LogP contribution >= 0.6 is 0 Å². The van der Waals surface area contributed by atoms with Gasteiger partial charge in [-0.25, -0.2) is 0 Å². The second-order valence-electron chi connectivity index (χ2n) is 18.3. The molecule has 7 heteroatoms. The largest absolute Gasteiger partial charge is 0.399 e. The zero-order valence-corrected chi connectivity index (χ0v) is 37.1. The fourth-order valence-corrected chi connectivity index (χ4v) is 6.15. The summed E-state index contributed by atoms with van der Waals surface area (Å²) < 4.78 is 0. The van der Waals surface area contributed by atoms with Crippen molar-refractivity contribution in [2.45, 2.75) is 185 Å². The average Bonchev–Trinajstić information content (AvgIpc) is 3.46. The van der Waals surface area contributed by atoms with E-state index in [1.54, 1.807) is 0 Å². The highest BCUT2D eigenvalue weighted by atomic mass is 16.2. The minimum Gasteiger partial charge on any atom is -0.399 e. The maximum absolute atomic E-state index is 13.9. The van der Waals surface area contributed by atoms with Gasteiger partial charge in [-0.1, -0.05) is 148 Å². The van der Waals surface area contributed by atoms with Gasteiger partial charge in [0.1, 0.15) is 6.04 Å². The lowest BCUT2D eigenvalue weighted by atomic mass is 9.78. The zero-order chi connectivity index (χ0) is 41.2. The quantitative estimate of drug-likeness (QED) is 0.107. The minimum absolute atomic E-state index is 0.0244. The molecule has 0 spiro atoms. The van der Waals surface area contributed by atoms with Gasteiger partial charge in [0.05, 0.1) is 17.9 Å². The Morgan fingerprint density at radius 3 is 1.77 bits per heavy atom. The number of hydrogen-bond acceptors (Lipinski definition) is 6. The first-order valence-electron chi connectivity index (χ1n) is 20.3. The first kappa shape index (κ1) is 51.3. The van der Waals surface area contributed by atoms with Crippen LogP contribution in [0.2, 0.25) is 0 Å². The van der Waals surface area contributed by atoms with E-state index < -0.39 is 6.04 Å². The molecule has 304 valence electrons. The van der Waals surface area contributed by atoms with Crippen molar-refractivity contribution in [2.24, 2.45) is 40.1 Å². The molecular formula is C45H88N6O. The summed E-state index contributed by atoms with van der Waals surface area (Å²) in [4.78, 5) is 15.9. The first-order valence-corrected chi connectivity index (χ1v) is 20.3. The topological polar surface area (TPSA) is 108 Å². The molecule has 0 radical (unpaired) electrons. The minimum atomic E-state index is -0.483. The van der Waals surface area contributed by atoms with Gasteiger partial charge in [0.15, 0.2) is 0 Å². The summed E-state index contributed by atoms with van der Waals surface area (Å²) in [5.41, 5.74) is 15.1. The van der Waals surface area contributed by atoms with Crippen LogP contribution in [0.4, 0.5) is 0 Å². The summed E-state index contributed by atoms with van der Waals surface area (Å²) >= 11 is 0. The van der Waals surface area contributed by atoms with Crippen LogP contribution in [0.25, 0.3) is 0 Å². The van der Waals surface area contributed by atoms with Gasteiger partial charge < -0.3 is 32.3 Å². The first-order chi connectivity index (χ1) is 23.8. The number of nitrogens with two attached hydrogens (primary N) is 2. The van der Waals surface area contributed by atoms with E-state index in [2.05, 4.69) is 118 Å². The van der Waals surface area contributed by atoms with Crippen molar-refractivity contribution in [3.63, 3.8) is 0 Å². The van der Waals surface area contributed by atoms with Gasteiger partial charge in [0.25, 0.3) is 0 Å². The van der Waals surface area contributed by atoms with Crippen molar-refractivity contribution >= 4 is 5.91 Å². The van der Waals surface area contributed by atoms with E-state index >= 15 is 0 Å². The number of hydrogen-bond donors (Lipinski definition) is 5. The lowest BCUT2D eigenvalue weighted by molar-refractivity contribution is -0.136. The Morgan fingerprint density at radius 1 is 0.885 bits per heavy atom. The highest BCUT2D eigenvalue weighted by Crippen LogP contribution is 2.40. The molecular weight excluding hydrogens is 641 g/mol. The molecule has 0 aromatic heterocycles. The van der Waals surface area contributed by atoms with Crippen molar-refractivity contribution in [3.05, 3.63) is 61.4 Å². The smallest absolute Gasteiger partial charge is 0.246 e. The van der Waals surface area contributed by atoms with E-state index in [-0.39, 0.29) is 34.4 Å². The lowest BCUT2D eigenvalue weighted by Gasteiger charge is -2.38. The van der Waals surface area contributed by atoms with Crippen LogP contribution in [0.15, 0.2) is 61.4 Å². The SMILES string of the molecule is C=C(CC[C@@H](C)CC)NC(C)(C)C.C=C(N)NC(C(=O)N1CC(C(C)(C)C)CC1C(=C)NC(CC1CCC1)C(=C)C(=C)N)C(C)(C)C.CC.CCC. The molecule has 1 aliphatic heterocycles. The molecule has 7 nitrogen and oxygen atoms in total. The van der Waals surface area contributed by atoms with Crippen molar-refractivity contribution < 1.29 is 4.79 Å². The fourth-order valence-electron chi connectivity index (χ4n) is 6.15. The molecule has 2 aliphatic rings. The molecule has 1 amide bonds. The number of amides is 1. The number of nitrogens with one attached hydrogen (secondary N) is 3. The summed E-state index contributed by atoms with van der Waals surface area (Å²) in [5, 5.41) is 10.2. The molecule has 2 fully saturated rings. The van der Waals surface area contributed by atoms with Crippen molar-refractivity contribution in [1.82, 2.24) is 20.9 Å². The third-order valence-electron chi connectivity index (χ3n) is 9.83. The van der Waals surface area contributed by atoms with Gasteiger partial charge in [-0.2, -0.15) is 0 Å². The van der Waals surface area contributed by atoms with Crippen molar-refractivity contribution in [3.8, 4) is 0 Å². The molecule has 1 heterocycles. The van der Waals surface area contributed by atoms with Crippen LogP contribution in [-0.4, -0.2) is 41.0 Å². The summed E-state index contributed by atoms with van der Waals surface area (Å²) in [7, 11) is 0. The molecule has 2 rings (SSSR count). The van der Waals surface area contributed by atoms with Crippen molar-refractivity contribution in [1.29, 1.82) is 0 Å². The van der Waals surface area contributed by atoms with Crippen LogP contribution in [0.5, 0.6) is 0 Å². The molecule has 0 bridgehead atoms. The molecule has 7 N–H and O–H groups in total. The Labute approximate surface area is 324 Å². The number of likely N-dealkylation sites (tertiary alicyclic amines) is 1. The van der Waals surface area contributed by atoms with Gasteiger partial charge >= 0.3 is 0 Å². The van der Waals surface area contributed by atoms with Gasteiger partial charge in [-0.05, 0) is 80.6 Å². The maximum Gasteiger partial charge on any atom is 0.246 e. The molecule has 0 aromatic carbocycles. The second kappa shape index (κ2) is 23.8. The Bertz CT molecular complexity index is 1110. The van der Waals surface area contributed by atoms with E-state index in [0.717, 1.165) is 36.5 Å². The third-order valence-corrected chi connectivity index (χ3v) is 9.83. The van der Waals surface area contributed by atoms with Crippen molar-refractivity contribution in [2.75, 3.05) is 6.54 Å². The van der Waals surface area contributed by atoms with Gasteiger partial charge in [-0.3, -0.25) is 4.79 Å². The summed E-state index contributed by atoms with van der Waals surface area (Å²) in [6, 6.07) is -0.637. The maximum atomic E-state index is 13.9. The molecule has 1 saturated heterocycles. The van der Waals surface area contributed by atoms with Crippen LogP contribution < -0.4 is 27.4 Å². The highest BCUT2D eigenvalue weighted by Gasteiger charge is 2.45. The number of nitrogens with zero attached hydrogens (tertiary/aromatic N) is 1. The van der Waals surface area contributed by atoms with Crippen LogP contribution in [0.3, 0.4) is 0 Å². The number of carbonyl (C=O) groups is 1. The molecule has 52 heavy (non-hydrogen) atoms. The van der Waals surface area contributed by atoms with Crippen LogP contribution in [0, 0.1) is 28.6 Å². The average molecular weight is 729 g/mol. The zero-order valence-electron chi connectivity index (χ0n) is 37.1. The van der Waals surface area contributed by atoms with E-state index in [0.29, 0.717) is 29.9 Å². The Hall–Kier alpha value is -2.83. The molecule has 1 saturated carbocycles. The van der Waals surface area contributed by atoms with E-state index in [1.807, 2.05) is 39.5 Å². The fraction of sp³-hybridized carbons (Fsp3) is 0.756. The Morgan fingerprint density at radius 2 is 1.40 bits per heavy atom. The predicted molar refractivity (Wildman–Crippen MR) is 231 cm³/mol. The number of allylic oxidation sites excluding steroid dienone is 1. The third kappa shape index (κ3) is 19.9. The Kier molecular flexibility index (Phi) is 23.4. The standard InChI is InChI=1S/C28H49N5O.C12H25N.C3H8.C2H6/c1-17(18(2)29)23(14-21-12-11-13-21)31-19(3)24-15-22(27(5,6)7)16-33(24)26(34)25(28(8,9)10)32-20(4)30;1-7-10(2)8-9-11(3)13-12(4,5)6;1-3-2;1-2/h21-25,31-32H,1-4,11-16,29-30H2,5-10H3;10,13H,3,7-9H2,1-2,4-6H3;3H2,1-2H3;1-2H3/t;10-;;/m.0../s1. The van der Waals surface area contributed by atoms with Crippen LogP contribution in [0.1, 0.15) is 162 Å². The molecule has 4 unspecified atom stereocenters. The molecule has 5 atom stereocenters. The number of carbonyl (C=O) groups excluding carboxylic acids is 1. The lowest BCUT2D eigenvalue weighted by Crippen LogP contribution is -2.55. The number of rotatable bonds is 15. The Balaban J connectivity index is 0. The highest BCUT2D eigenvalue weighted by molar-refractivity contribution is 5.84. The predicted octanol–water partition coefficient (Wildman–Crippen LogP) is 10.5. The normalized spacial score (nSPS) is 18.9.